The van der Waals surface area contributed by atoms with Crippen molar-refractivity contribution in [1.29, 1.82) is 0 Å². The zero-order valence-electron chi connectivity index (χ0n) is 12.2. The van der Waals surface area contributed by atoms with E-state index in [0.717, 1.165) is 12.1 Å². The Bertz CT molecular complexity index is 527. The van der Waals surface area contributed by atoms with E-state index < -0.39 is 18.1 Å². The van der Waals surface area contributed by atoms with E-state index in [1.807, 2.05) is 31.1 Å². The van der Waals surface area contributed by atoms with Crippen molar-refractivity contribution in [3.8, 4) is 0 Å². The summed E-state index contributed by atoms with van der Waals surface area (Å²) in [5.74, 6) is -1.43. The van der Waals surface area contributed by atoms with Crippen molar-refractivity contribution < 1.29 is 19.8 Å². The zero-order valence-corrected chi connectivity index (χ0v) is 12.2. The number of aliphatic hydroxyl groups is 1. The van der Waals surface area contributed by atoms with E-state index in [2.05, 4.69) is 0 Å². The Labute approximate surface area is 123 Å². The third-order valence-electron chi connectivity index (χ3n) is 3.52. The lowest BCUT2D eigenvalue weighted by Gasteiger charge is -2.21. The average Bonchev–Trinajstić information content (AvgIpc) is 2.80. The van der Waals surface area contributed by atoms with Crippen LogP contribution >= 0.6 is 0 Å². The van der Waals surface area contributed by atoms with Gasteiger partial charge in [0.2, 0.25) is 0 Å². The van der Waals surface area contributed by atoms with E-state index in [4.69, 9.17) is 5.11 Å². The number of hydrogen-bond donors (Lipinski definition) is 2. The molecule has 1 aliphatic rings. The quantitative estimate of drug-likeness (QED) is 0.840. The van der Waals surface area contributed by atoms with Gasteiger partial charge in [-0.15, -0.1) is 0 Å². The van der Waals surface area contributed by atoms with Crippen molar-refractivity contribution in [2.75, 3.05) is 20.6 Å². The highest BCUT2D eigenvalue weighted by atomic mass is 16.4. The number of carboxylic acids is 1. The number of carbonyl (C=O) groups is 2. The minimum absolute atomic E-state index is 0.0647. The lowest BCUT2D eigenvalue weighted by molar-refractivity contribution is -0.141. The standard InChI is InChI=1S/C15H20N2O4/c1-16(2)8-10-3-5-11(6-4-10)14(19)17-9-12(18)7-13(17)15(20)21/h3-6,12-13,18H,7-9H2,1-2H3,(H,20,21)/t12-,13-/m1/s1. The second-order valence-corrected chi connectivity index (χ2v) is 5.64. The summed E-state index contributed by atoms with van der Waals surface area (Å²) in [7, 11) is 3.92. The molecule has 0 aliphatic carbocycles. The van der Waals surface area contributed by atoms with Crippen LogP contribution in [0.4, 0.5) is 0 Å². The molecular weight excluding hydrogens is 272 g/mol. The first-order chi connectivity index (χ1) is 9.88. The lowest BCUT2D eigenvalue weighted by atomic mass is 10.1. The molecule has 1 heterocycles. The minimum atomic E-state index is -1.08. The van der Waals surface area contributed by atoms with Gasteiger partial charge in [-0.1, -0.05) is 12.1 Å². The van der Waals surface area contributed by atoms with Crippen LogP contribution in [-0.4, -0.2) is 64.7 Å². The smallest absolute Gasteiger partial charge is 0.326 e. The highest BCUT2D eigenvalue weighted by Gasteiger charge is 2.39. The summed E-state index contributed by atoms with van der Waals surface area (Å²) >= 11 is 0. The van der Waals surface area contributed by atoms with Crippen molar-refractivity contribution in [3.05, 3.63) is 35.4 Å². The molecule has 0 radical (unpaired) electrons. The molecule has 0 aromatic heterocycles. The second kappa shape index (κ2) is 6.24. The fourth-order valence-electron chi connectivity index (χ4n) is 2.56. The molecule has 114 valence electrons. The summed E-state index contributed by atoms with van der Waals surface area (Å²) in [5.41, 5.74) is 1.52. The predicted octanol–water partition coefficient (Wildman–Crippen LogP) is 0.408. The summed E-state index contributed by atoms with van der Waals surface area (Å²) < 4.78 is 0. The molecule has 1 amide bonds. The topological polar surface area (TPSA) is 81.1 Å². The van der Waals surface area contributed by atoms with E-state index in [-0.39, 0.29) is 18.9 Å². The van der Waals surface area contributed by atoms with Gasteiger partial charge in [-0.2, -0.15) is 0 Å². The predicted molar refractivity (Wildman–Crippen MR) is 76.9 cm³/mol. The molecule has 2 atom stereocenters. The normalized spacial score (nSPS) is 21.8. The molecule has 0 spiro atoms. The third-order valence-corrected chi connectivity index (χ3v) is 3.52. The van der Waals surface area contributed by atoms with Gasteiger partial charge in [-0.3, -0.25) is 4.79 Å². The summed E-state index contributed by atoms with van der Waals surface area (Å²) in [5, 5.41) is 18.7. The summed E-state index contributed by atoms with van der Waals surface area (Å²) in [4.78, 5) is 26.8. The lowest BCUT2D eigenvalue weighted by Crippen LogP contribution is -2.40. The Hall–Kier alpha value is -1.92. The molecule has 1 aromatic carbocycles. The van der Waals surface area contributed by atoms with Gasteiger partial charge in [0, 0.05) is 25.1 Å². The number of aliphatic carboxylic acids is 1. The maximum absolute atomic E-state index is 12.4. The Morgan fingerprint density at radius 1 is 1.29 bits per heavy atom. The van der Waals surface area contributed by atoms with E-state index in [1.165, 1.54) is 4.90 Å². The number of aliphatic hydroxyl groups excluding tert-OH is 1. The number of carbonyl (C=O) groups excluding carboxylic acids is 1. The van der Waals surface area contributed by atoms with E-state index >= 15 is 0 Å². The van der Waals surface area contributed by atoms with Crippen molar-refractivity contribution in [2.45, 2.75) is 25.1 Å². The molecule has 0 unspecified atom stereocenters. The van der Waals surface area contributed by atoms with Crippen molar-refractivity contribution in [2.24, 2.45) is 0 Å². The van der Waals surface area contributed by atoms with Crippen LogP contribution in [0, 0.1) is 0 Å². The summed E-state index contributed by atoms with van der Waals surface area (Å²) in [6.45, 7) is 0.837. The van der Waals surface area contributed by atoms with Crippen molar-refractivity contribution in [1.82, 2.24) is 9.80 Å². The molecule has 2 rings (SSSR count). The molecule has 0 bridgehead atoms. The minimum Gasteiger partial charge on any atom is -0.480 e. The molecule has 21 heavy (non-hydrogen) atoms. The van der Waals surface area contributed by atoms with Crippen LogP contribution in [0.2, 0.25) is 0 Å². The molecule has 1 aromatic rings. The first kappa shape index (κ1) is 15.5. The second-order valence-electron chi connectivity index (χ2n) is 5.64. The third kappa shape index (κ3) is 3.59. The molecular formula is C15H20N2O4. The Balaban J connectivity index is 2.14. The average molecular weight is 292 g/mol. The van der Waals surface area contributed by atoms with Gasteiger partial charge >= 0.3 is 5.97 Å². The number of β-amino-alcohol motifs (C(OH)–C–C–N with tert-alkyl or cyclic N) is 1. The van der Waals surface area contributed by atoms with Crippen LogP contribution in [-0.2, 0) is 11.3 Å². The maximum atomic E-state index is 12.4. The highest BCUT2D eigenvalue weighted by molar-refractivity contribution is 5.97. The molecule has 6 heteroatoms. The van der Waals surface area contributed by atoms with E-state index in [9.17, 15) is 14.7 Å². The van der Waals surface area contributed by atoms with Crippen LogP contribution in [0.3, 0.4) is 0 Å². The number of likely N-dealkylation sites (tertiary alicyclic amines) is 1. The monoisotopic (exact) mass is 292 g/mol. The molecule has 1 fully saturated rings. The Morgan fingerprint density at radius 3 is 2.43 bits per heavy atom. The van der Waals surface area contributed by atoms with Crippen LogP contribution in [0.25, 0.3) is 0 Å². The first-order valence-electron chi connectivity index (χ1n) is 6.84. The molecule has 1 saturated heterocycles. The van der Waals surface area contributed by atoms with Crippen LogP contribution in [0.15, 0.2) is 24.3 Å². The largest absolute Gasteiger partial charge is 0.480 e. The Morgan fingerprint density at radius 2 is 1.90 bits per heavy atom. The van der Waals surface area contributed by atoms with Crippen LogP contribution in [0.5, 0.6) is 0 Å². The van der Waals surface area contributed by atoms with Gasteiger partial charge < -0.3 is 20.0 Å². The number of amides is 1. The maximum Gasteiger partial charge on any atom is 0.326 e. The molecule has 2 N–H and O–H groups in total. The van der Waals surface area contributed by atoms with Gasteiger partial charge in [0.05, 0.1) is 6.10 Å². The fourth-order valence-corrected chi connectivity index (χ4v) is 2.56. The number of hydrogen-bond acceptors (Lipinski definition) is 4. The van der Waals surface area contributed by atoms with Gasteiger partial charge in [-0.05, 0) is 31.8 Å². The summed E-state index contributed by atoms with van der Waals surface area (Å²) in [6, 6.07) is 6.16. The number of rotatable bonds is 4. The van der Waals surface area contributed by atoms with Crippen LogP contribution < -0.4 is 0 Å². The van der Waals surface area contributed by atoms with E-state index in [0.29, 0.717) is 5.56 Å². The van der Waals surface area contributed by atoms with Gasteiger partial charge in [0.15, 0.2) is 0 Å². The molecule has 0 saturated carbocycles. The van der Waals surface area contributed by atoms with E-state index in [1.54, 1.807) is 12.1 Å². The Kier molecular flexibility index (Phi) is 4.59. The SMILES string of the molecule is CN(C)Cc1ccc(C(=O)N2C[C@H](O)C[C@@H]2C(=O)O)cc1. The van der Waals surface area contributed by atoms with Crippen molar-refractivity contribution in [3.63, 3.8) is 0 Å². The zero-order chi connectivity index (χ0) is 15.6. The number of carboxylic acid groups (broad SMARTS) is 1. The van der Waals surface area contributed by atoms with Crippen molar-refractivity contribution >= 4 is 11.9 Å². The number of benzene rings is 1. The van der Waals surface area contributed by atoms with Crippen LogP contribution in [0.1, 0.15) is 22.3 Å². The van der Waals surface area contributed by atoms with Gasteiger partial charge in [-0.25, -0.2) is 4.79 Å². The fraction of sp³-hybridized carbons (Fsp3) is 0.467. The summed E-state index contributed by atoms with van der Waals surface area (Å²) in [6.07, 6.45) is -0.692. The molecule has 1 aliphatic heterocycles. The molecule has 6 nitrogen and oxygen atoms in total. The van der Waals surface area contributed by atoms with Gasteiger partial charge in [0.25, 0.3) is 5.91 Å². The first-order valence-corrected chi connectivity index (χ1v) is 6.84. The van der Waals surface area contributed by atoms with Gasteiger partial charge in [0.1, 0.15) is 6.04 Å². The highest BCUT2D eigenvalue weighted by Crippen LogP contribution is 2.21. The number of nitrogens with zero attached hydrogens (tertiary/aromatic N) is 2.